The van der Waals surface area contributed by atoms with Crippen LogP contribution in [0.15, 0.2) is 23.6 Å². The molecule has 0 saturated carbocycles. The van der Waals surface area contributed by atoms with Gasteiger partial charge in [-0.25, -0.2) is 9.37 Å². The summed E-state index contributed by atoms with van der Waals surface area (Å²) < 4.78 is 23.7. The smallest absolute Gasteiger partial charge is 0.183 e. The summed E-state index contributed by atoms with van der Waals surface area (Å²) in [6, 6.07) is 4.56. The Morgan fingerprint density at radius 1 is 1.40 bits per heavy atom. The molecule has 0 aliphatic heterocycles. The van der Waals surface area contributed by atoms with Crippen molar-refractivity contribution in [1.82, 2.24) is 4.98 Å². The van der Waals surface area contributed by atoms with Gasteiger partial charge in [-0.15, -0.1) is 11.3 Å². The number of nitrogens with one attached hydrogen (secondary N) is 1. The van der Waals surface area contributed by atoms with E-state index in [-0.39, 0.29) is 11.9 Å². The number of nitrogens with zero attached hydrogens (tertiary/aromatic N) is 1. The van der Waals surface area contributed by atoms with Gasteiger partial charge in [-0.05, 0) is 25.1 Å². The van der Waals surface area contributed by atoms with Crippen LogP contribution >= 0.6 is 11.3 Å². The lowest BCUT2D eigenvalue weighted by Crippen LogP contribution is -2.20. The summed E-state index contributed by atoms with van der Waals surface area (Å²) in [5.74, 6) is 0.296. The average Bonchev–Trinajstić information content (AvgIpc) is 2.87. The molecule has 4 nitrogen and oxygen atoms in total. The molecule has 0 aliphatic rings. The van der Waals surface area contributed by atoms with E-state index in [4.69, 9.17) is 9.47 Å². The number of ether oxygens (including phenoxy) is 2. The second kappa shape index (κ2) is 6.67. The minimum absolute atomic E-state index is 0.161. The summed E-state index contributed by atoms with van der Waals surface area (Å²) in [6.45, 7) is 2.60. The minimum atomic E-state index is -0.309. The number of hydrogen-bond donors (Lipinski definition) is 1. The minimum Gasteiger partial charge on any atom is -0.496 e. The topological polar surface area (TPSA) is 43.4 Å². The fraction of sp³-hybridized carbons (Fsp3) is 0.357. The third-order valence-corrected chi connectivity index (χ3v) is 3.50. The third-order valence-electron chi connectivity index (χ3n) is 2.73. The number of rotatable bonds is 6. The molecule has 1 atom stereocenters. The van der Waals surface area contributed by atoms with E-state index in [9.17, 15) is 4.39 Å². The molecule has 1 heterocycles. The summed E-state index contributed by atoms with van der Waals surface area (Å²) in [5, 5.41) is 5.88. The Morgan fingerprint density at radius 2 is 2.20 bits per heavy atom. The number of aromatic nitrogens is 1. The van der Waals surface area contributed by atoms with Crippen LogP contribution in [0.1, 0.15) is 6.92 Å². The molecule has 108 valence electrons. The molecule has 0 bridgehead atoms. The van der Waals surface area contributed by atoms with Gasteiger partial charge in [-0.1, -0.05) is 0 Å². The molecule has 0 fully saturated rings. The first kappa shape index (κ1) is 14.7. The van der Waals surface area contributed by atoms with Crippen molar-refractivity contribution >= 4 is 16.5 Å². The van der Waals surface area contributed by atoms with Gasteiger partial charge < -0.3 is 14.8 Å². The lowest BCUT2D eigenvalue weighted by atomic mass is 10.1. The van der Waals surface area contributed by atoms with Gasteiger partial charge in [0.05, 0.1) is 19.4 Å². The van der Waals surface area contributed by atoms with Gasteiger partial charge in [0.2, 0.25) is 0 Å². The van der Waals surface area contributed by atoms with E-state index < -0.39 is 0 Å². The summed E-state index contributed by atoms with van der Waals surface area (Å²) in [7, 11) is 3.21. The molecule has 0 radical (unpaired) electrons. The van der Waals surface area contributed by atoms with Crippen LogP contribution in [0.5, 0.6) is 5.75 Å². The van der Waals surface area contributed by atoms with Gasteiger partial charge in [-0.3, -0.25) is 0 Å². The molecule has 2 rings (SSSR count). The van der Waals surface area contributed by atoms with E-state index in [2.05, 4.69) is 10.3 Å². The number of anilines is 1. The van der Waals surface area contributed by atoms with Crippen LogP contribution in [-0.2, 0) is 4.74 Å². The molecule has 0 aliphatic carbocycles. The van der Waals surface area contributed by atoms with Crippen molar-refractivity contribution in [2.75, 3.05) is 26.1 Å². The third kappa shape index (κ3) is 3.46. The zero-order valence-electron chi connectivity index (χ0n) is 11.6. The van der Waals surface area contributed by atoms with Gasteiger partial charge in [0.1, 0.15) is 11.6 Å². The molecule has 1 N–H and O–H groups in total. The van der Waals surface area contributed by atoms with Crippen LogP contribution in [0.3, 0.4) is 0 Å². The maximum absolute atomic E-state index is 13.4. The van der Waals surface area contributed by atoms with Gasteiger partial charge >= 0.3 is 0 Å². The summed E-state index contributed by atoms with van der Waals surface area (Å²) >= 11 is 1.47. The molecule has 1 aromatic heterocycles. The highest BCUT2D eigenvalue weighted by atomic mass is 32.1. The summed E-state index contributed by atoms with van der Waals surface area (Å²) in [6.07, 6.45) is 0. The monoisotopic (exact) mass is 296 g/mol. The molecule has 0 saturated heterocycles. The number of halogens is 1. The van der Waals surface area contributed by atoms with Crippen LogP contribution in [0.2, 0.25) is 0 Å². The van der Waals surface area contributed by atoms with Gasteiger partial charge in [-0.2, -0.15) is 0 Å². The predicted molar refractivity (Wildman–Crippen MR) is 79.0 cm³/mol. The molecular formula is C14H17FN2O2S. The van der Waals surface area contributed by atoms with E-state index >= 15 is 0 Å². The lowest BCUT2D eigenvalue weighted by molar-refractivity contribution is 0.190. The molecule has 6 heteroatoms. The molecule has 0 unspecified atom stereocenters. The number of methoxy groups -OCH3 is 2. The molecule has 0 spiro atoms. The van der Waals surface area contributed by atoms with E-state index in [0.717, 1.165) is 5.13 Å². The molecule has 2 aromatic rings. The maximum Gasteiger partial charge on any atom is 0.183 e. The van der Waals surface area contributed by atoms with Crippen molar-refractivity contribution in [2.45, 2.75) is 13.0 Å². The first-order chi connectivity index (χ1) is 9.63. The Bertz CT molecular complexity index is 574. The van der Waals surface area contributed by atoms with Crippen LogP contribution in [0.4, 0.5) is 9.52 Å². The second-order valence-electron chi connectivity index (χ2n) is 4.38. The first-order valence-electron chi connectivity index (χ1n) is 6.19. The molecule has 20 heavy (non-hydrogen) atoms. The molecule has 1 aromatic carbocycles. The van der Waals surface area contributed by atoms with Crippen LogP contribution in [-0.4, -0.2) is 31.9 Å². The van der Waals surface area contributed by atoms with Crippen molar-refractivity contribution in [3.05, 3.63) is 29.4 Å². The predicted octanol–water partition coefficient (Wildman–Crippen LogP) is 3.40. The fourth-order valence-corrected chi connectivity index (χ4v) is 2.67. The highest BCUT2D eigenvalue weighted by Gasteiger charge is 2.12. The Labute approximate surface area is 121 Å². The largest absolute Gasteiger partial charge is 0.496 e. The van der Waals surface area contributed by atoms with E-state index in [1.54, 1.807) is 20.3 Å². The second-order valence-corrected chi connectivity index (χ2v) is 5.24. The van der Waals surface area contributed by atoms with Crippen LogP contribution in [0, 0.1) is 5.82 Å². The highest BCUT2D eigenvalue weighted by Crippen LogP contribution is 2.32. The van der Waals surface area contributed by atoms with Gasteiger partial charge in [0.25, 0.3) is 0 Å². The van der Waals surface area contributed by atoms with Crippen molar-refractivity contribution in [3.63, 3.8) is 0 Å². The summed E-state index contributed by atoms with van der Waals surface area (Å²) in [5.41, 5.74) is 1.34. The number of hydrogen-bond acceptors (Lipinski definition) is 5. The zero-order valence-corrected chi connectivity index (χ0v) is 12.5. The van der Waals surface area contributed by atoms with Crippen molar-refractivity contribution in [2.24, 2.45) is 0 Å². The Morgan fingerprint density at radius 3 is 2.90 bits per heavy atom. The zero-order chi connectivity index (χ0) is 14.5. The van der Waals surface area contributed by atoms with E-state index in [1.165, 1.54) is 23.5 Å². The van der Waals surface area contributed by atoms with Gasteiger partial charge in [0, 0.05) is 24.1 Å². The standard InChI is InChI=1S/C14H17FN2O2S/c1-9(7-18-2)16-14-17-12(8-20-14)11-6-10(15)4-5-13(11)19-3/h4-6,8-9H,7H2,1-3H3,(H,16,17)/t9-/m1/s1. The SMILES string of the molecule is COC[C@@H](C)Nc1nc(-c2cc(F)ccc2OC)cs1. The average molecular weight is 296 g/mol. The number of thiazole rings is 1. The molecular weight excluding hydrogens is 279 g/mol. The van der Waals surface area contributed by atoms with E-state index in [0.29, 0.717) is 23.6 Å². The Balaban J connectivity index is 2.22. The summed E-state index contributed by atoms with van der Waals surface area (Å²) in [4.78, 5) is 4.46. The molecule has 0 amide bonds. The van der Waals surface area contributed by atoms with E-state index in [1.807, 2.05) is 12.3 Å². The van der Waals surface area contributed by atoms with Crippen LogP contribution in [0.25, 0.3) is 11.3 Å². The Kier molecular flexibility index (Phi) is 4.92. The van der Waals surface area contributed by atoms with Crippen LogP contribution < -0.4 is 10.1 Å². The lowest BCUT2D eigenvalue weighted by Gasteiger charge is -2.11. The Hall–Kier alpha value is -1.66. The first-order valence-corrected chi connectivity index (χ1v) is 7.07. The highest BCUT2D eigenvalue weighted by molar-refractivity contribution is 7.14. The number of benzene rings is 1. The van der Waals surface area contributed by atoms with Crippen molar-refractivity contribution < 1.29 is 13.9 Å². The van der Waals surface area contributed by atoms with Crippen molar-refractivity contribution in [3.8, 4) is 17.0 Å². The normalized spacial score (nSPS) is 12.2. The fourth-order valence-electron chi connectivity index (χ4n) is 1.85. The van der Waals surface area contributed by atoms with Crippen molar-refractivity contribution in [1.29, 1.82) is 0 Å². The van der Waals surface area contributed by atoms with Gasteiger partial charge in [0.15, 0.2) is 5.13 Å². The quantitative estimate of drug-likeness (QED) is 0.887. The maximum atomic E-state index is 13.4.